The van der Waals surface area contributed by atoms with E-state index in [9.17, 15) is 14.0 Å². The predicted molar refractivity (Wildman–Crippen MR) is 134 cm³/mol. The molecule has 9 heteroatoms. The van der Waals surface area contributed by atoms with Crippen LogP contribution in [0.3, 0.4) is 0 Å². The molecule has 1 fully saturated rings. The number of terminal acetylenes is 1. The number of alkyl halides is 2. The van der Waals surface area contributed by atoms with Crippen LogP contribution in [0.5, 0.6) is 0 Å². The molecule has 0 radical (unpaired) electrons. The van der Waals surface area contributed by atoms with E-state index in [2.05, 4.69) is 16.6 Å². The number of carbonyl (C=O) groups is 2. The fraction of sp³-hybridized carbons (Fsp3) is 0.120. The molecule has 1 aliphatic carbocycles. The number of benzene rings is 3. The maximum Gasteiger partial charge on any atom is 0.257 e. The Hall–Kier alpha value is -2.75. The number of amides is 2. The van der Waals surface area contributed by atoms with Crippen LogP contribution in [0, 0.1) is 24.1 Å². The van der Waals surface area contributed by atoms with Gasteiger partial charge < -0.3 is 10.6 Å². The molecule has 34 heavy (non-hydrogen) atoms. The number of hydrogen-bond donors (Lipinski definition) is 2. The Morgan fingerprint density at radius 1 is 0.912 bits per heavy atom. The van der Waals surface area contributed by atoms with Crippen molar-refractivity contribution in [3.8, 4) is 12.3 Å². The smallest absolute Gasteiger partial charge is 0.257 e. The van der Waals surface area contributed by atoms with Gasteiger partial charge in [-0.1, -0.05) is 35.2 Å². The van der Waals surface area contributed by atoms with Crippen LogP contribution in [0.2, 0.25) is 10.0 Å². The molecule has 0 bridgehead atoms. The maximum atomic E-state index is 13.1. The summed E-state index contributed by atoms with van der Waals surface area (Å²) in [5, 5.41) is 5.94. The standard InChI is InChI=1S/C25H15Cl4FN2O2/c1-2-13-11-14(3-9-19(13)26)21-22(25(21,28)29)24(34)32-17-8-10-20(27)18(12-17)23(33)31-16-6-4-15(30)5-7-16/h1,3-12,21-22H,(H,31,33)(H,32,34). The Labute approximate surface area is 215 Å². The highest BCUT2D eigenvalue weighted by molar-refractivity contribution is 6.53. The molecule has 4 rings (SSSR count). The van der Waals surface area contributed by atoms with E-state index in [-0.39, 0.29) is 10.6 Å². The molecule has 3 aromatic rings. The molecule has 1 aliphatic rings. The summed E-state index contributed by atoms with van der Waals surface area (Å²) in [7, 11) is 0. The molecule has 0 aliphatic heterocycles. The SMILES string of the molecule is C#Cc1cc(C2C(C(=O)Nc3ccc(Cl)c(C(=O)Nc4ccc(F)cc4)c3)C2(Cl)Cl)ccc1Cl. The van der Waals surface area contributed by atoms with Crippen molar-refractivity contribution < 1.29 is 14.0 Å². The number of rotatable bonds is 5. The van der Waals surface area contributed by atoms with Gasteiger partial charge in [-0.3, -0.25) is 9.59 Å². The van der Waals surface area contributed by atoms with Gasteiger partial charge in [0.05, 0.1) is 21.5 Å². The Morgan fingerprint density at radius 2 is 1.56 bits per heavy atom. The molecular formula is C25H15Cl4FN2O2. The Bertz CT molecular complexity index is 1340. The van der Waals surface area contributed by atoms with Crippen LogP contribution in [-0.4, -0.2) is 16.1 Å². The van der Waals surface area contributed by atoms with Crippen molar-refractivity contribution in [3.63, 3.8) is 0 Å². The van der Waals surface area contributed by atoms with Crippen LogP contribution in [0.1, 0.15) is 27.4 Å². The first kappa shape index (κ1) is 24.4. The van der Waals surface area contributed by atoms with Crippen molar-refractivity contribution in [2.75, 3.05) is 10.6 Å². The van der Waals surface area contributed by atoms with Gasteiger partial charge in [0.1, 0.15) is 10.2 Å². The van der Waals surface area contributed by atoms with Gasteiger partial charge in [0, 0.05) is 22.9 Å². The van der Waals surface area contributed by atoms with E-state index < -0.39 is 33.8 Å². The van der Waals surface area contributed by atoms with Gasteiger partial charge >= 0.3 is 0 Å². The van der Waals surface area contributed by atoms with Crippen molar-refractivity contribution in [2.24, 2.45) is 5.92 Å². The highest BCUT2D eigenvalue weighted by Gasteiger charge is 2.67. The first-order chi connectivity index (χ1) is 16.1. The maximum absolute atomic E-state index is 13.1. The number of anilines is 2. The molecule has 0 heterocycles. The van der Waals surface area contributed by atoms with Gasteiger partial charge in [-0.15, -0.1) is 29.6 Å². The summed E-state index contributed by atoms with van der Waals surface area (Å²) in [6, 6.07) is 14.8. The minimum absolute atomic E-state index is 0.121. The molecule has 2 N–H and O–H groups in total. The first-order valence-electron chi connectivity index (χ1n) is 9.93. The summed E-state index contributed by atoms with van der Waals surface area (Å²) in [5.74, 6) is -0.146. The Morgan fingerprint density at radius 3 is 2.24 bits per heavy atom. The van der Waals surface area contributed by atoms with Gasteiger partial charge in [-0.25, -0.2) is 4.39 Å². The number of nitrogens with one attached hydrogen (secondary N) is 2. The summed E-state index contributed by atoms with van der Waals surface area (Å²) in [4.78, 5) is 25.6. The van der Waals surface area contributed by atoms with Crippen LogP contribution in [-0.2, 0) is 4.79 Å². The summed E-state index contributed by atoms with van der Waals surface area (Å²) in [5.41, 5.74) is 2.01. The quantitative estimate of drug-likeness (QED) is 0.276. The van der Waals surface area contributed by atoms with E-state index in [0.29, 0.717) is 27.5 Å². The molecular weight excluding hydrogens is 521 g/mol. The molecule has 0 saturated heterocycles. The lowest BCUT2D eigenvalue weighted by Crippen LogP contribution is -2.18. The summed E-state index contributed by atoms with van der Waals surface area (Å²) in [6.45, 7) is 0. The van der Waals surface area contributed by atoms with Crippen LogP contribution in [0.25, 0.3) is 0 Å². The van der Waals surface area contributed by atoms with E-state index in [1.807, 2.05) is 0 Å². The Balaban J connectivity index is 1.50. The second-order valence-corrected chi connectivity index (χ2v) is 9.92. The Kier molecular flexibility index (Phi) is 6.80. The highest BCUT2D eigenvalue weighted by atomic mass is 35.5. The van der Waals surface area contributed by atoms with E-state index in [1.165, 1.54) is 36.4 Å². The minimum atomic E-state index is -1.33. The normalized spacial score (nSPS) is 18.0. The van der Waals surface area contributed by atoms with Crippen LogP contribution >= 0.6 is 46.4 Å². The molecule has 172 valence electrons. The average molecular weight is 536 g/mol. The van der Waals surface area contributed by atoms with Crippen molar-refractivity contribution in [3.05, 3.63) is 93.2 Å². The molecule has 2 unspecified atom stereocenters. The van der Waals surface area contributed by atoms with Crippen LogP contribution < -0.4 is 10.6 Å². The highest BCUT2D eigenvalue weighted by Crippen LogP contribution is 2.65. The lowest BCUT2D eigenvalue weighted by molar-refractivity contribution is -0.117. The zero-order valence-corrected chi connectivity index (χ0v) is 20.2. The number of halogens is 5. The van der Waals surface area contributed by atoms with Gasteiger partial charge in [0.15, 0.2) is 0 Å². The van der Waals surface area contributed by atoms with Crippen molar-refractivity contribution >= 4 is 69.6 Å². The van der Waals surface area contributed by atoms with Crippen molar-refractivity contribution in [1.29, 1.82) is 0 Å². The summed E-state index contributed by atoms with van der Waals surface area (Å²) < 4.78 is 11.8. The predicted octanol–water partition coefficient (Wildman–Crippen LogP) is 6.89. The summed E-state index contributed by atoms with van der Waals surface area (Å²) >= 11 is 25.1. The van der Waals surface area contributed by atoms with Crippen molar-refractivity contribution in [1.82, 2.24) is 0 Å². The average Bonchev–Trinajstić information content (AvgIpc) is 3.38. The largest absolute Gasteiger partial charge is 0.326 e. The molecule has 2 atom stereocenters. The molecule has 0 spiro atoms. The minimum Gasteiger partial charge on any atom is -0.326 e. The van der Waals surface area contributed by atoms with Crippen molar-refractivity contribution in [2.45, 2.75) is 10.3 Å². The third kappa shape index (κ3) is 4.87. The number of carbonyl (C=O) groups excluding carboxylic acids is 2. The topological polar surface area (TPSA) is 58.2 Å². The monoisotopic (exact) mass is 534 g/mol. The fourth-order valence-corrected chi connectivity index (χ4v) is 4.85. The lowest BCUT2D eigenvalue weighted by atomic mass is 10.1. The first-order valence-corrected chi connectivity index (χ1v) is 11.4. The second kappa shape index (κ2) is 9.48. The zero-order chi connectivity index (χ0) is 24.6. The van der Waals surface area contributed by atoms with E-state index in [1.54, 1.807) is 24.3 Å². The van der Waals surface area contributed by atoms with Gasteiger partial charge in [0.25, 0.3) is 5.91 Å². The molecule has 3 aromatic carbocycles. The lowest BCUT2D eigenvalue weighted by Gasteiger charge is -2.10. The molecule has 4 nitrogen and oxygen atoms in total. The van der Waals surface area contributed by atoms with Gasteiger partial charge in [-0.2, -0.15) is 0 Å². The van der Waals surface area contributed by atoms with E-state index >= 15 is 0 Å². The van der Waals surface area contributed by atoms with Crippen LogP contribution in [0.4, 0.5) is 15.8 Å². The van der Waals surface area contributed by atoms with E-state index in [0.717, 1.165) is 0 Å². The second-order valence-electron chi connectivity index (χ2n) is 7.66. The number of hydrogen-bond acceptors (Lipinski definition) is 2. The van der Waals surface area contributed by atoms with Gasteiger partial charge in [-0.05, 0) is 60.2 Å². The summed E-state index contributed by atoms with van der Waals surface area (Å²) in [6.07, 6.45) is 5.47. The zero-order valence-electron chi connectivity index (χ0n) is 17.2. The third-order valence-corrected chi connectivity index (χ3v) is 7.02. The molecule has 2 amide bonds. The molecule has 1 saturated carbocycles. The molecule has 0 aromatic heterocycles. The van der Waals surface area contributed by atoms with Crippen LogP contribution in [0.15, 0.2) is 60.7 Å². The third-order valence-electron chi connectivity index (χ3n) is 5.42. The fourth-order valence-electron chi connectivity index (χ4n) is 3.64. The van der Waals surface area contributed by atoms with Gasteiger partial charge in [0.2, 0.25) is 5.91 Å². The van der Waals surface area contributed by atoms with E-state index in [4.69, 9.17) is 52.8 Å².